The lowest BCUT2D eigenvalue weighted by Crippen LogP contribution is -2.22. The first-order valence-corrected chi connectivity index (χ1v) is 11.8. The van der Waals surface area contributed by atoms with E-state index in [2.05, 4.69) is 19.9 Å². The molecule has 15 heteroatoms. The van der Waals surface area contributed by atoms with E-state index in [-0.39, 0.29) is 34.4 Å². The number of hydrogen-bond acceptors (Lipinski definition) is 9. The highest BCUT2D eigenvalue weighted by Crippen LogP contribution is 2.35. The van der Waals surface area contributed by atoms with Crippen molar-refractivity contribution in [3.8, 4) is 29.2 Å². The van der Waals surface area contributed by atoms with Gasteiger partial charge in [0.25, 0.3) is 11.5 Å². The number of alkyl halides is 3. The van der Waals surface area contributed by atoms with Crippen LogP contribution in [0, 0.1) is 11.3 Å². The van der Waals surface area contributed by atoms with Gasteiger partial charge in [0.05, 0.1) is 18.7 Å². The number of aromatic nitrogens is 4. The number of primary amides is 1. The molecule has 1 amide bonds. The normalized spacial score (nSPS) is 11.0. The minimum absolute atomic E-state index is 0.00337. The fraction of sp³-hybridized carbons (Fsp3) is 0.154. The van der Waals surface area contributed by atoms with E-state index in [1.54, 1.807) is 30.3 Å². The Kier molecular flexibility index (Phi) is 8.39. The predicted molar refractivity (Wildman–Crippen MR) is 137 cm³/mol. The number of ether oxygens (including phenoxy) is 3. The molecule has 3 N–H and O–H groups in total. The van der Waals surface area contributed by atoms with Crippen molar-refractivity contribution < 1.29 is 32.2 Å². The second-order valence-electron chi connectivity index (χ2n) is 8.28. The fourth-order valence-corrected chi connectivity index (χ4v) is 3.72. The van der Waals surface area contributed by atoms with Crippen LogP contribution in [0.4, 0.5) is 13.2 Å². The van der Waals surface area contributed by atoms with E-state index in [0.29, 0.717) is 11.3 Å². The van der Waals surface area contributed by atoms with E-state index in [1.165, 1.54) is 13.2 Å². The van der Waals surface area contributed by atoms with Crippen LogP contribution in [-0.4, -0.2) is 33.0 Å². The molecule has 2 heterocycles. The quantitative estimate of drug-likeness (QED) is 0.292. The number of nitrogens with two attached hydrogens (primary N) is 1. The van der Waals surface area contributed by atoms with Gasteiger partial charge in [0.1, 0.15) is 23.9 Å². The third-order valence-corrected chi connectivity index (χ3v) is 5.57. The van der Waals surface area contributed by atoms with Crippen LogP contribution in [0.15, 0.2) is 53.5 Å². The molecule has 4 rings (SSSR count). The Morgan fingerprint density at radius 3 is 2.51 bits per heavy atom. The average Bonchev–Trinajstić information content (AvgIpc) is 2.93. The lowest BCUT2D eigenvalue weighted by atomic mass is 10.2. The Balaban J connectivity index is 1.68. The zero-order valence-electron chi connectivity index (χ0n) is 21.0. The first-order chi connectivity index (χ1) is 19.5. The number of amides is 1. The first-order valence-electron chi connectivity index (χ1n) is 11.5. The van der Waals surface area contributed by atoms with Crippen LogP contribution < -0.4 is 25.5 Å². The number of nitrogens with one attached hydrogen (secondary N) is 1. The minimum atomic E-state index is -5.10. The van der Waals surface area contributed by atoms with E-state index < -0.39 is 47.2 Å². The molecule has 0 radical (unpaired) electrons. The molecule has 41 heavy (non-hydrogen) atoms. The van der Waals surface area contributed by atoms with Crippen molar-refractivity contribution in [1.29, 1.82) is 5.26 Å². The van der Waals surface area contributed by atoms with Gasteiger partial charge in [-0.1, -0.05) is 23.7 Å². The van der Waals surface area contributed by atoms with Crippen LogP contribution in [0.1, 0.15) is 38.8 Å². The third-order valence-electron chi connectivity index (χ3n) is 5.35. The molecule has 0 bridgehead atoms. The third kappa shape index (κ3) is 7.08. The predicted octanol–water partition coefficient (Wildman–Crippen LogP) is 4.17. The molecule has 0 aliphatic rings. The Hall–Kier alpha value is -5.16. The largest absolute Gasteiger partial charge is 0.497 e. The molecule has 0 aliphatic heterocycles. The van der Waals surface area contributed by atoms with Gasteiger partial charge in [0.2, 0.25) is 17.5 Å². The second kappa shape index (κ2) is 11.9. The first kappa shape index (κ1) is 28.8. The van der Waals surface area contributed by atoms with Gasteiger partial charge in [-0.25, -0.2) is 9.97 Å². The molecule has 2 aromatic carbocycles. The van der Waals surface area contributed by atoms with Crippen LogP contribution in [-0.2, 0) is 19.2 Å². The summed E-state index contributed by atoms with van der Waals surface area (Å²) in [7, 11) is 1.51. The molecule has 0 fully saturated rings. The van der Waals surface area contributed by atoms with Crippen LogP contribution in [0.3, 0.4) is 0 Å². The summed E-state index contributed by atoms with van der Waals surface area (Å²) in [6.07, 6.45) is -4.40. The summed E-state index contributed by atoms with van der Waals surface area (Å²) in [5.74, 6) is -2.76. The number of hydrogen-bond donors (Lipinski definition) is 2. The minimum Gasteiger partial charge on any atom is -0.497 e. The second-order valence-corrected chi connectivity index (χ2v) is 8.72. The van der Waals surface area contributed by atoms with Gasteiger partial charge in [-0.3, -0.25) is 9.59 Å². The van der Waals surface area contributed by atoms with Gasteiger partial charge in [-0.15, -0.1) is 0 Å². The number of nitrogens with zero attached hydrogens (tertiary/aromatic N) is 4. The Morgan fingerprint density at radius 1 is 1.15 bits per heavy atom. The molecule has 210 valence electrons. The Labute approximate surface area is 234 Å². The highest BCUT2D eigenvalue weighted by Gasteiger charge is 2.39. The zero-order valence-corrected chi connectivity index (χ0v) is 21.7. The molecule has 0 aliphatic carbocycles. The van der Waals surface area contributed by atoms with Crippen molar-refractivity contribution in [3.05, 3.63) is 98.1 Å². The number of carbonyl (C=O) groups excluding carboxylic acids is 1. The molecule has 0 saturated carbocycles. The lowest BCUT2D eigenvalue weighted by molar-refractivity contribution is -0.142. The Morgan fingerprint density at radius 2 is 1.88 bits per heavy atom. The summed E-state index contributed by atoms with van der Waals surface area (Å²) in [5.41, 5.74) is 3.17. The van der Waals surface area contributed by atoms with E-state index in [4.69, 9.17) is 36.8 Å². The van der Waals surface area contributed by atoms with Gasteiger partial charge in [-0.2, -0.15) is 23.4 Å². The van der Waals surface area contributed by atoms with Gasteiger partial charge in [-0.05, 0) is 35.9 Å². The summed E-state index contributed by atoms with van der Waals surface area (Å²) >= 11 is 5.89. The van der Waals surface area contributed by atoms with Crippen molar-refractivity contribution >= 4 is 17.5 Å². The van der Waals surface area contributed by atoms with Crippen molar-refractivity contribution in [3.63, 3.8) is 0 Å². The zero-order chi connectivity index (χ0) is 29.7. The average molecular weight is 587 g/mol. The molecule has 2 aromatic heterocycles. The maximum absolute atomic E-state index is 14.0. The summed E-state index contributed by atoms with van der Waals surface area (Å²) in [4.78, 5) is 38.0. The maximum Gasteiger partial charge on any atom is 0.437 e. The summed E-state index contributed by atoms with van der Waals surface area (Å²) < 4.78 is 57.9. The van der Waals surface area contributed by atoms with Gasteiger partial charge in [0, 0.05) is 23.2 Å². The summed E-state index contributed by atoms with van der Waals surface area (Å²) in [6.45, 7) is -0.0406. The standard InChI is InChI=1S/C26H18ClF3N6O5/c1-39-17-4-2-13(3-5-17)12-40-25-15(11-33-23(36-25)22(32)37)8-19-34-21(26(28,29)30)20(24(38)35-19)41-18-7-14(10-31)6-16(27)9-18/h2-7,9,11H,8,12H2,1H3,(H2,32,37)(H,34,35,38). The van der Waals surface area contributed by atoms with Crippen LogP contribution in [0.5, 0.6) is 23.1 Å². The van der Waals surface area contributed by atoms with Gasteiger partial charge < -0.3 is 24.9 Å². The molecule has 0 saturated heterocycles. The number of benzene rings is 2. The van der Waals surface area contributed by atoms with Crippen LogP contribution >= 0.6 is 11.6 Å². The fourth-order valence-electron chi connectivity index (χ4n) is 3.49. The number of aromatic amines is 1. The van der Waals surface area contributed by atoms with Crippen molar-refractivity contribution in [2.45, 2.75) is 19.2 Å². The van der Waals surface area contributed by atoms with E-state index in [1.807, 2.05) is 0 Å². The smallest absolute Gasteiger partial charge is 0.437 e. The summed E-state index contributed by atoms with van der Waals surface area (Å²) in [6, 6.07) is 12.1. The van der Waals surface area contributed by atoms with Crippen molar-refractivity contribution in [2.24, 2.45) is 5.73 Å². The molecule has 0 spiro atoms. The highest BCUT2D eigenvalue weighted by molar-refractivity contribution is 6.30. The molecule has 0 unspecified atom stereocenters. The van der Waals surface area contributed by atoms with E-state index >= 15 is 0 Å². The number of carbonyl (C=O) groups is 1. The van der Waals surface area contributed by atoms with Gasteiger partial charge in [0.15, 0.2) is 5.69 Å². The maximum atomic E-state index is 14.0. The lowest BCUT2D eigenvalue weighted by Gasteiger charge is -2.15. The number of rotatable bonds is 9. The number of halogens is 4. The molecule has 0 atom stereocenters. The SMILES string of the molecule is COc1ccc(COc2nc(C(N)=O)ncc2Cc2nc(C(F)(F)F)c(Oc3cc(Cl)cc(C#N)c3)c(=O)[nH]2)cc1. The monoisotopic (exact) mass is 586 g/mol. The van der Waals surface area contributed by atoms with Crippen molar-refractivity contribution in [2.75, 3.05) is 7.11 Å². The van der Waals surface area contributed by atoms with Crippen LogP contribution in [0.2, 0.25) is 5.02 Å². The highest BCUT2D eigenvalue weighted by atomic mass is 35.5. The number of methoxy groups -OCH3 is 1. The molecular formula is C26H18ClF3N6O5. The number of H-pyrrole nitrogens is 1. The molecule has 11 nitrogen and oxygen atoms in total. The van der Waals surface area contributed by atoms with Crippen molar-refractivity contribution in [1.82, 2.24) is 19.9 Å². The number of nitriles is 1. The van der Waals surface area contributed by atoms with E-state index in [9.17, 15) is 22.8 Å². The molecule has 4 aromatic rings. The van der Waals surface area contributed by atoms with Crippen LogP contribution in [0.25, 0.3) is 0 Å². The van der Waals surface area contributed by atoms with Gasteiger partial charge >= 0.3 is 6.18 Å². The van der Waals surface area contributed by atoms with E-state index in [0.717, 1.165) is 18.3 Å². The Bertz CT molecular complexity index is 1700. The topological polar surface area (TPSA) is 166 Å². The molecular weight excluding hydrogens is 569 g/mol. The summed E-state index contributed by atoms with van der Waals surface area (Å²) in [5, 5.41) is 9.10.